The lowest BCUT2D eigenvalue weighted by Crippen LogP contribution is -2.35. The molecule has 0 saturated carbocycles. The SMILES string of the molecule is Cl.NC(=O)CCNC(=O)c1ccc(F)c(NC(=O)C2CCCN2)c1. The van der Waals surface area contributed by atoms with Gasteiger partial charge in [-0.25, -0.2) is 4.39 Å². The Bertz CT molecular complexity index is 621. The molecule has 24 heavy (non-hydrogen) atoms. The number of carbonyl (C=O) groups excluding carboxylic acids is 3. The highest BCUT2D eigenvalue weighted by Gasteiger charge is 2.23. The van der Waals surface area contributed by atoms with Gasteiger partial charge in [-0.3, -0.25) is 14.4 Å². The van der Waals surface area contributed by atoms with Gasteiger partial charge in [-0.2, -0.15) is 0 Å². The first-order chi connectivity index (χ1) is 11.0. The van der Waals surface area contributed by atoms with Gasteiger partial charge in [-0.05, 0) is 37.6 Å². The molecule has 1 aliphatic heterocycles. The second kappa shape index (κ2) is 9.19. The van der Waals surface area contributed by atoms with Crippen molar-refractivity contribution in [2.75, 3.05) is 18.4 Å². The molecular weight excluding hydrogens is 339 g/mol. The van der Waals surface area contributed by atoms with Crippen LogP contribution in [-0.4, -0.2) is 36.9 Å². The molecule has 0 radical (unpaired) electrons. The number of nitrogens with one attached hydrogen (secondary N) is 3. The minimum atomic E-state index is -0.620. The number of hydrogen-bond acceptors (Lipinski definition) is 4. The van der Waals surface area contributed by atoms with Crippen LogP contribution >= 0.6 is 12.4 Å². The molecule has 0 aliphatic carbocycles. The smallest absolute Gasteiger partial charge is 0.251 e. The largest absolute Gasteiger partial charge is 0.370 e. The van der Waals surface area contributed by atoms with Crippen molar-refractivity contribution >= 4 is 35.8 Å². The average molecular weight is 359 g/mol. The first-order valence-corrected chi connectivity index (χ1v) is 7.37. The zero-order valence-corrected chi connectivity index (χ0v) is 13.7. The van der Waals surface area contributed by atoms with E-state index in [-0.39, 0.29) is 48.6 Å². The first-order valence-electron chi connectivity index (χ1n) is 7.37. The molecule has 0 bridgehead atoms. The Labute approximate surface area is 145 Å². The van der Waals surface area contributed by atoms with E-state index in [1.165, 1.54) is 12.1 Å². The van der Waals surface area contributed by atoms with E-state index in [1.807, 2.05) is 0 Å². The number of halogens is 2. The fraction of sp³-hybridized carbons (Fsp3) is 0.400. The maximum Gasteiger partial charge on any atom is 0.251 e. The maximum atomic E-state index is 13.8. The van der Waals surface area contributed by atoms with E-state index in [1.54, 1.807) is 0 Å². The third-order valence-corrected chi connectivity index (χ3v) is 3.52. The quantitative estimate of drug-likeness (QED) is 0.594. The van der Waals surface area contributed by atoms with E-state index in [4.69, 9.17) is 5.73 Å². The van der Waals surface area contributed by atoms with Gasteiger partial charge in [-0.1, -0.05) is 0 Å². The molecule has 1 unspecified atom stereocenters. The van der Waals surface area contributed by atoms with Crippen molar-refractivity contribution in [2.24, 2.45) is 5.73 Å². The zero-order valence-electron chi connectivity index (χ0n) is 12.9. The summed E-state index contributed by atoms with van der Waals surface area (Å²) >= 11 is 0. The molecule has 1 atom stereocenters. The Morgan fingerprint density at radius 3 is 2.71 bits per heavy atom. The molecule has 1 aliphatic rings. The molecule has 1 fully saturated rings. The van der Waals surface area contributed by atoms with Crippen molar-refractivity contribution in [2.45, 2.75) is 25.3 Å². The maximum absolute atomic E-state index is 13.8. The van der Waals surface area contributed by atoms with E-state index >= 15 is 0 Å². The predicted molar refractivity (Wildman–Crippen MR) is 89.4 cm³/mol. The summed E-state index contributed by atoms with van der Waals surface area (Å²) in [6.07, 6.45) is 1.60. The normalized spacial score (nSPS) is 16.1. The van der Waals surface area contributed by atoms with Crippen molar-refractivity contribution in [1.29, 1.82) is 0 Å². The summed E-state index contributed by atoms with van der Waals surface area (Å²) in [5.41, 5.74) is 5.12. The lowest BCUT2D eigenvalue weighted by atomic mass is 10.1. The van der Waals surface area contributed by atoms with Gasteiger partial charge in [0.25, 0.3) is 5.91 Å². The van der Waals surface area contributed by atoms with Gasteiger partial charge in [-0.15, -0.1) is 12.4 Å². The minimum absolute atomic E-state index is 0. The molecule has 2 rings (SSSR count). The number of hydrogen-bond donors (Lipinski definition) is 4. The molecule has 9 heteroatoms. The van der Waals surface area contributed by atoms with Gasteiger partial charge in [0.15, 0.2) is 0 Å². The highest BCUT2D eigenvalue weighted by molar-refractivity contribution is 5.98. The van der Waals surface area contributed by atoms with Crippen LogP contribution in [0.3, 0.4) is 0 Å². The van der Waals surface area contributed by atoms with Crippen LogP contribution < -0.4 is 21.7 Å². The van der Waals surface area contributed by atoms with Gasteiger partial charge < -0.3 is 21.7 Å². The Kier molecular flexibility index (Phi) is 7.60. The van der Waals surface area contributed by atoms with Crippen molar-refractivity contribution in [3.63, 3.8) is 0 Å². The molecule has 5 N–H and O–H groups in total. The number of carbonyl (C=O) groups is 3. The van der Waals surface area contributed by atoms with E-state index in [9.17, 15) is 18.8 Å². The zero-order chi connectivity index (χ0) is 16.8. The van der Waals surface area contributed by atoms with E-state index in [0.717, 1.165) is 19.0 Å². The summed E-state index contributed by atoms with van der Waals surface area (Å²) in [6, 6.07) is 3.34. The van der Waals surface area contributed by atoms with Crippen molar-refractivity contribution < 1.29 is 18.8 Å². The first kappa shape index (κ1) is 19.9. The third-order valence-electron chi connectivity index (χ3n) is 3.52. The van der Waals surface area contributed by atoms with Crippen LogP contribution in [0.2, 0.25) is 0 Å². The molecule has 7 nitrogen and oxygen atoms in total. The van der Waals surface area contributed by atoms with Gasteiger partial charge in [0.1, 0.15) is 5.82 Å². The fourth-order valence-corrected chi connectivity index (χ4v) is 2.29. The summed E-state index contributed by atoms with van der Waals surface area (Å²) < 4.78 is 13.8. The number of nitrogens with two attached hydrogens (primary N) is 1. The Morgan fingerprint density at radius 1 is 1.33 bits per heavy atom. The van der Waals surface area contributed by atoms with Gasteiger partial charge in [0.05, 0.1) is 11.7 Å². The molecule has 132 valence electrons. The van der Waals surface area contributed by atoms with Crippen LogP contribution in [0.15, 0.2) is 18.2 Å². The second-order valence-corrected chi connectivity index (χ2v) is 5.31. The molecule has 0 spiro atoms. The van der Waals surface area contributed by atoms with Crippen molar-refractivity contribution in [1.82, 2.24) is 10.6 Å². The number of rotatable bonds is 6. The predicted octanol–water partition coefficient (Wildman–Crippen LogP) is 0.543. The number of primary amides is 1. The van der Waals surface area contributed by atoms with Gasteiger partial charge >= 0.3 is 0 Å². The van der Waals surface area contributed by atoms with Crippen LogP contribution in [0.5, 0.6) is 0 Å². The average Bonchev–Trinajstić information content (AvgIpc) is 3.03. The molecule has 1 aromatic rings. The summed E-state index contributed by atoms with van der Waals surface area (Å²) in [5, 5.41) is 8.00. The van der Waals surface area contributed by atoms with Crippen LogP contribution in [0.1, 0.15) is 29.6 Å². The van der Waals surface area contributed by atoms with Crippen LogP contribution in [0.4, 0.5) is 10.1 Å². The number of amides is 3. The Hall–Kier alpha value is -2.19. The Balaban J connectivity index is 0.00000288. The Morgan fingerprint density at radius 2 is 2.08 bits per heavy atom. The van der Waals surface area contributed by atoms with Crippen LogP contribution in [-0.2, 0) is 9.59 Å². The molecule has 1 saturated heterocycles. The van der Waals surface area contributed by atoms with E-state index in [0.29, 0.717) is 6.42 Å². The molecule has 1 aromatic carbocycles. The van der Waals surface area contributed by atoms with Crippen LogP contribution in [0.25, 0.3) is 0 Å². The monoisotopic (exact) mass is 358 g/mol. The van der Waals surface area contributed by atoms with E-state index < -0.39 is 17.6 Å². The third kappa shape index (κ3) is 5.47. The summed E-state index contributed by atoms with van der Waals surface area (Å²) in [5.74, 6) is -1.94. The molecule has 3 amide bonds. The van der Waals surface area contributed by atoms with Crippen molar-refractivity contribution in [3.05, 3.63) is 29.6 Å². The highest BCUT2D eigenvalue weighted by atomic mass is 35.5. The molecular formula is C15H20ClFN4O3. The highest BCUT2D eigenvalue weighted by Crippen LogP contribution is 2.17. The van der Waals surface area contributed by atoms with Gasteiger partial charge in [0.2, 0.25) is 11.8 Å². The molecule has 0 aromatic heterocycles. The standard InChI is InChI=1S/C15H19FN4O3.ClH/c16-10-4-3-9(14(22)19-7-5-13(17)21)8-12(10)20-15(23)11-2-1-6-18-11;/h3-4,8,11,18H,1-2,5-7H2,(H2,17,21)(H,19,22)(H,20,23);1H. The van der Waals surface area contributed by atoms with Gasteiger partial charge in [0, 0.05) is 18.5 Å². The minimum Gasteiger partial charge on any atom is -0.370 e. The molecule has 1 heterocycles. The fourth-order valence-electron chi connectivity index (χ4n) is 2.29. The number of anilines is 1. The lowest BCUT2D eigenvalue weighted by Gasteiger charge is -2.13. The van der Waals surface area contributed by atoms with Crippen molar-refractivity contribution in [3.8, 4) is 0 Å². The topological polar surface area (TPSA) is 113 Å². The number of benzene rings is 1. The summed E-state index contributed by atoms with van der Waals surface area (Å²) in [6.45, 7) is 0.849. The summed E-state index contributed by atoms with van der Waals surface area (Å²) in [7, 11) is 0. The second-order valence-electron chi connectivity index (χ2n) is 5.31. The van der Waals surface area contributed by atoms with Crippen LogP contribution in [0, 0.1) is 5.82 Å². The lowest BCUT2D eigenvalue weighted by molar-refractivity contribution is -0.118. The summed E-state index contributed by atoms with van der Waals surface area (Å²) in [4.78, 5) is 34.6. The van der Waals surface area contributed by atoms with E-state index in [2.05, 4.69) is 16.0 Å².